The fourth-order valence-electron chi connectivity index (χ4n) is 3.08. The van der Waals surface area contributed by atoms with Crippen LogP contribution in [0.5, 0.6) is 17.2 Å². The van der Waals surface area contributed by atoms with Gasteiger partial charge in [0, 0.05) is 12.1 Å². The first-order valence-corrected chi connectivity index (χ1v) is 10.2. The van der Waals surface area contributed by atoms with Gasteiger partial charge in [-0.2, -0.15) is 0 Å². The van der Waals surface area contributed by atoms with Crippen molar-refractivity contribution in [3.63, 3.8) is 0 Å². The molecule has 1 aliphatic rings. The van der Waals surface area contributed by atoms with Gasteiger partial charge in [0.15, 0.2) is 0 Å². The molecular weight excluding hydrogens is 366 g/mol. The largest absolute Gasteiger partial charge is 0.497 e. The summed E-state index contributed by atoms with van der Waals surface area (Å²) in [4.78, 5) is 0.228. The van der Waals surface area contributed by atoms with E-state index in [0.29, 0.717) is 17.1 Å². The van der Waals surface area contributed by atoms with Crippen molar-refractivity contribution >= 4 is 10.0 Å². The molecule has 0 fully saturated rings. The van der Waals surface area contributed by atoms with Crippen molar-refractivity contribution in [1.29, 1.82) is 0 Å². The number of sulfonamides is 1. The van der Waals surface area contributed by atoms with Crippen molar-refractivity contribution in [3.05, 3.63) is 47.5 Å². The lowest BCUT2D eigenvalue weighted by atomic mass is 9.94. The molecule has 27 heavy (non-hydrogen) atoms. The summed E-state index contributed by atoms with van der Waals surface area (Å²) in [6.45, 7) is 4.16. The number of fused-ring (bicyclic) bond motifs is 1. The number of aryl methyl sites for hydroxylation is 1. The Labute approximate surface area is 160 Å². The second-order valence-electron chi connectivity index (χ2n) is 7.13. The highest BCUT2D eigenvalue weighted by Gasteiger charge is 2.27. The van der Waals surface area contributed by atoms with Crippen LogP contribution in [0.1, 0.15) is 31.4 Å². The van der Waals surface area contributed by atoms with Crippen LogP contribution in [-0.2, 0) is 23.0 Å². The van der Waals surface area contributed by atoms with E-state index in [-0.39, 0.29) is 17.0 Å². The molecule has 0 radical (unpaired) electrons. The van der Waals surface area contributed by atoms with Crippen LogP contribution in [-0.4, -0.2) is 28.2 Å². The average Bonchev–Trinajstić information content (AvgIpc) is 2.65. The van der Waals surface area contributed by atoms with Gasteiger partial charge in [0.25, 0.3) is 0 Å². The number of hydrogen-bond donors (Lipinski definition) is 1. The molecule has 7 heteroatoms. The number of hydrogen-bond acceptors (Lipinski definition) is 5. The number of methoxy groups -OCH3 is 2. The zero-order chi connectivity index (χ0) is 19.7. The summed E-state index contributed by atoms with van der Waals surface area (Å²) in [5.74, 6) is 1.98. The molecule has 1 heterocycles. The average molecular weight is 391 g/mol. The summed E-state index contributed by atoms with van der Waals surface area (Å²) in [5.41, 5.74) is 1.38. The van der Waals surface area contributed by atoms with Crippen LogP contribution in [0.15, 0.2) is 41.3 Å². The summed E-state index contributed by atoms with van der Waals surface area (Å²) in [5, 5.41) is 0. The van der Waals surface area contributed by atoms with E-state index in [1.807, 2.05) is 13.8 Å². The molecule has 0 saturated heterocycles. The summed E-state index contributed by atoms with van der Waals surface area (Å²) in [6.07, 6.45) is 1.63. The van der Waals surface area contributed by atoms with Crippen LogP contribution in [0.25, 0.3) is 0 Å². The lowest BCUT2D eigenvalue weighted by Crippen LogP contribution is -2.32. The predicted molar refractivity (Wildman–Crippen MR) is 103 cm³/mol. The van der Waals surface area contributed by atoms with Gasteiger partial charge in [0.2, 0.25) is 10.0 Å². The molecule has 2 aromatic carbocycles. The normalized spacial score (nSPS) is 15.6. The van der Waals surface area contributed by atoms with Gasteiger partial charge in [0.05, 0.1) is 19.1 Å². The van der Waals surface area contributed by atoms with E-state index >= 15 is 0 Å². The molecule has 0 atom stereocenters. The maximum atomic E-state index is 12.7. The number of ether oxygens (including phenoxy) is 3. The molecule has 3 rings (SSSR count). The third-order valence-electron chi connectivity index (χ3n) is 4.67. The van der Waals surface area contributed by atoms with Gasteiger partial charge in [-0.1, -0.05) is 0 Å². The van der Waals surface area contributed by atoms with Crippen molar-refractivity contribution in [2.24, 2.45) is 0 Å². The van der Waals surface area contributed by atoms with Crippen LogP contribution >= 0.6 is 0 Å². The Bertz CT molecular complexity index is 937. The Hall–Kier alpha value is -2.25. The molecule has 0 amide bonds. The van der Waals surface area contributed by atoms with E-state index in [0.717, 1.165) is 24.2 Å². The summed E-state index contributed by atoms with van der Waals surface area (Å²) in [7, 11) is -0.559. The molecule has 1 N–H and O–H groups in total. The van der Waals surface area contributed by atoms with Gasteiger partial charge in [-0.3, -0.25) is 0 Å². The minimum Gasteiger partial charge on any atom is -0.497 e. The predicted octanol–water partition coefficient (Wildman–Crippen LogP) is 3.29. The van der Waals surface area contributed by atoms with Crippen LogP contribution < -0.4 is 18.9 Å². The third-order valence-corrected chi connectivity index (χ3v) is 6.06. The van der Waals surface area contributed by atoms with Crippen LogP contribution in [0.4, 0.5) is 0 Å². The Morgan fingerprint density at radius 1 is 1.11 bits per heavy atom. The lowest BCUT2D eigenvalue weighted by molar-refractivity contribution is 0.0845. The van der Waals surface area contributed by atoms with Crippen molar-refractivity contribution in [2.45, 2.75) is 43.7 Å². The first-order chi connectivity index (χ1) is 12.7. The van der Waals surface area contributed by atoms with Gasteiger partial charge in [-0.15, -0.1) is 0 Å². The first kappa shape index (κ1) is 19.5. The second kappa shape index (κ2) is 7.40. The molecule has 1 aliphatic heterocycles. The fraction of sp³-hybridized carbons (Fsp3) is 0.400. The summed E-state index contributed by atoms with van der Waals surface area (Å²) in [6, 6.07) is 10.3. The van der Waals surface area contributed by atoms with E-state index in [2.05, 4.69) is 4.72 Å². The molecule has 0 bridgehead atoms. The maximum Gasteiger partial charge on any atom is 0.240 e. The Kier molecular flexibility index (Phi) is 5.35. The number of nitrogens with one attached hydrogen (secondary N) is 1. The van der Waals surface area contributed by atoms with E-state index in [9.17, 15) is 8.42 Å². The molecular formula is C20H25NO5S. The van der Waals surface area contributed by atoms with Crippen molar-refractivity contribution in [1.82, 2.24) is 4.72 Å². The smallest absolute Gasteiger partial charge is 0.240 e. The SMILES string of the molecule is COc1ccc(OC)c(CNS(=O)(=O)c2ccc3c(c2)CCC(C)(C)O3)c1. The third kappa shape index (κ3) is 4.36. The molecule has 0 saturated carbocycles. The number of benzene rings is 2. The van der Waals surface area contributed by atoms with E-state index in [4.69, 9.17) is 14.2 Å². The molecule has 0 aliphatic carbocycles. The highest BCUT2D eigenvalue weighted by molar-refractivity contribution is 7.89. The minimum atomic E-state index is -3.67. The Morgan fingerprint density at radius 3 is 2.59 bits per heavy atom. The number of rotatable bonds is 6. The monoisotopic (exact) mass is 391 g/mol. The Morgan fingerprint density at radius 2 is 1.89 bits per heavy atom. The van der Waals surface area contributed by atoms with E-state index < -0.39 is 10.0 Å². The highest BCUT2D eigenvalue weighted by Crippen LogP contribution is 2.34. The molecule has 2 aromatic rings. The van der Waals surface area contributed by atoms with E-state index in [1.165, 1.54) is 0 Å². The molecule has 146 valence electrons. The van der Waals surface area contributed by atoms with Crippen molar-refractivity contribution in [2.75, 3.05) is 14.2 Å². The Balaban J connectivity index is 1.80. The zero-order valence-corrected chi connectivity index (χ0v) is 16.9. The summed E-state index contributed by atoms with van der Waals surface area (Å²) < 4.78 is 44.6. The van der Waals surface area contributed by atoms with Gasteiger partial charge < -0.3 is 14.2 Å². The standard InChI is InChI=1S/C20H25NO5S/c1-20(2)10-9-14-12-17(6-8-19(14)26-20)27(22,23)21-13-15-11-16(24-3)5-7-18(15)25-4/h5-8,11-12,21H,9-10,13H2,1-4H3. The minimum absolute atomic E-state index is 0.101. The quantitative estimate of drug-likeness (QED) is 0.818. The molecule has 0 aromatic heterocycles. The summed E-state index contributed by atoms with van der Waals surface area (Å²) >= 11 is 0. The molecule has 0 unspecified atom stereocenters. The van der Waals surface area contributed by atoms with E-state index in [1.54, 1.807) is 50.6 Å². The van der Waals surface area contributed by atoms with Crippen molar-refractivity contribution < 1.29 is 22.6 Å². The van der Waals surface area contributed by atoms with Gasteiger partial charge in [-0.25, -0.2) is 13.1 Å². The first-order valence-electron chi connectivity index (χ1n) is 8.76. The topological polar surface area (TPSA) is 73.9 Å². The van der Waals surface area contributed by atoms with Crippen LogP contribution in [0.3, 0.4) is 0 Å². The van der Waals surface area contributed by atoms with Crippen LogP contribution in [0, 0.1) is 0 Å². The zero-order valence-electron chi connectivity index (χ0n) is 16.0. The molecule has 0 spiro atoms. The van der Waals surface area contributed by atoms with Crippen LogP contribution in [0.2, 0.25) is 0 Å². The molecule has 6 nitrogen and oxygen atoms in total. The second-order valence-corrected chi connectivity index (χ2v) is 8.90. The lowest BCUT2D eigenvalue weighted by Gasteiger charge is -2.32. The highest BCUT2D eigenvalue weighted by atomic mass is 32.2. The van der Waals surface area contributed by atoms with Gasteiger partial charge in [0.1, 0.15) is 22.8 Å². The maximum absolute atomic E-state index is 12.7. The van der Waals surface area contributed by atoms with Gasteiger partial charge >= 0.3 is 0 Å². The van der Waals surface area contributed by atoms with Gasteiger partial charge in [-0.05, 0) is 68.7 Å². The van der Waals surface area contributed by atoms with Crippen molar-refractivity contribution in [3.8, 4) is 17.2 Å². The fourth-order valence-corrected chi connectivity index (χ4v) is 4.14.